The first-order chi connectivity index (χ1) is 10.0. The lowest BCUT2D eigenvalue weighted by molar-refractivity contribution is -0.385. The van der Waals surface area contributed by atoms with Crippen molar-refractivity contribution in [3.63, 3.8) is 0 Å². The summed E-state index contributed by atoms with van der Waals surface area (Å²) in [6.45, 7) is 0. The number of nitrogens with one attached hydrogen (secondary N) is 1. The lowest BCUT2D eigenvalue weighted by atomic mass is 10.1. The predicted octanol–water partition coefficient (Wildman–Crippen LogP) is 3.84. The van der Waals surface area contributed by atoms with Crippen molar-refractivity contribution in [1.29, 1.82) is 10.5 Å². The third-order valence-electron chi connectivity index (χ3n) is 2.69. The molecule has 0 aliphatic carbocycles. The number of anilines is 2. The van der Waals surface area contributed by atoms with Crippen LogP contribution in [0.5, 0.6) is 0 Å². The third kappa shape index (κ3) is 3.16. The zero-order valence-electron chi connectivity index (χ0n) is 10.5. The highest BCUT2D eigenvalue weighted by molar-refractivity contribution is 9.10. The molecule has 6 nitrogen and oxygen atoms in total. The van der Waals surface area contributed by atoms with Gasteiger partial charge in [-0.3, -0.25) is 10.1 Å². The predicted molar refractivity (Wildman–Crippen MR) is 80.0 cm³/mol. The Morgan fingerprint density at radius 1 is 1.10 bits per heavy atom. The first-order valence-electron chi connectivity index (χ1n) is 5.70. The number of nitrogens with zero attached hydrogens (tertiary/aromatic N) is 3. The molecule has 0 aromatic heterocycles. The highest BCUT2D eigenvalue weighted by Gasteiger charge is 2.14. The van der Waals surface area contributed by atoms with Crippen LogP contribution in [0.15, 0.2) is 40.9 Å². The Hall–Kier alpha value is -2.90. The van der Waals surface area contributed by atoms with Crippen LogP contribution in [0.2, 0.25) is 0 Å². The molecule has 0 saturated heterocycles. The minimum atomic E-state index is -0.609. The Kier molecular flexibility index (Phi) is 4.17. The quantitative estimate of drug-likeness (QED) is 0.674. The van der Waals surface area contributed by atoms with Gasteiger partial charge in [0.15, 0.2) is 0 Å². The summed E-state index contributed by atoms with van der Waals surface area (Å²) < 4.78 is 0.784. The van der Waals surface area contributed by atoms with E-state index < -0.39 is 4.92 Å². The van der Waals surface area contributed by atoms with Crippen molar-refractivity contribution in [2.24, 2.45) is 0 Å². The van der Waals surface area contributed by atoms with Gasteiger partial charge in [-0.2, -0.15) is 10.5 Å². The average molecular weight is 343 g/mol. The molecule has 0 bridgehead atoms. The number of hydrogen-bond acceptors (Lipinski definition) is 5. The summed E-state index contributed by atoms with van der Waals surface area (Å²) in [5.41, 5.74) is 1.17. The van der Waals surface area contributed by atoms with Gasteiger partial charge in [-0.05, 0) is 30.3 Å². The second kappa shape index (κ2) is 6.04. The van der Waals surface area contributed by atoms with Crippen molar-refractivity contribution in [2.75, 3.05) is 5.32 Å². The highest BCUT2D eigenvalue weighted by atomic mass is 79.9. The number of nitro groups is 1. The van der Waals surface area contributed by atoms with Crippen molar-refractivity contribution >= 4 is 33.0 Å². The molecule has 0 heterocycles. The molecule has 21 heavy (non-hydrogen) atoms. The molecule has 0 aliphatic heterocycles. The molecule has 0 saturated carbocycles. The summed E-state index contributed by atoms with van der Waals surface area (Å²) in [7, 11) is 0. The van der Waals surface area contributed by atoms with Crippen molar-refractivity contribution in [1.82, 2.24) is 0 Å². The van der Waals surface area contributed by atoms with Crippen LogP contribution in [0.25, 0.3) is 0 Å². The lowest BCUT2D eigenvalue weighted by Gasteiger charge is -2.09. The Balaban J connectivity index is 2.42. The first kappa shape index (κ1) is 14.5. The van der Waals surface area contributed by atoms with Gasteiger partial charge in [0, 0.05) is 16.2 Å². The molecule has 0 radical (unpaired) electrons. The van der Waals surface area contributed by atoms with Crippen LogP contribution >= 0.6 is 15.9 Å². The van der Waals surface area contributed by atoms with Gasteiger partial charge in [0.1, 0.15) is 17.7 Å². The summed E-state index contributed by atoms with van der Waals surface area (Å²) in [5, 5.41) is 31.8. The minimum Gasteiger partial charge on any atom is -0.354 e. The number of nitriles is 2. The smallest absolute Gasteiger partial charge is 0.287 e. The Bertz CT molecular complexity index is 806. The van der Waals surface area contributed by atoms with Gasteiger partial charge >= 0.3 is 0 Å². The van der Waals surface area contributed by atoms with E-state index in [4.69, 9.17) is 10.5 Å². The van der Waals surface area contributed by atoms with Crippen LogP contribution in [0, 0.1) is 32.8 Å². The minimum absolute atomic E-state index is 0.0431. The van der Waals surface area contributed by atoms with E-state index >= 15 is 0 Å². The molecule has 2 aromatic carbocycles. The fourth-order valence-corrected chi connectivity index (χ4v) is 2.10. The molecule has 7 heteroatoms. The zero-order valence-corrected chi connectivity index (χ0v) is 12.1. The highest BCUT2D eigenvalue weighted by Crippen LogP contribution is 2.27. The molecule has 0 unspecified atom stereocenters. The maximum atomic E-state index is 10.8. The van der Waals surface area contributed by atoms with Gasteiger partial charge in [-0.1, -0.05) is 15.9 Å². The Labute approximate surface area is 128 Å². The van der Waals surface area contributed by atoms with Gasteiger partial charge in [0.25, 0.3) is 5.69 Å². The standard InChI is InChI=1S/C14H7BrN4O2/c15-11-2-1-9(7-16)13(6-11)18-12-3-4-14(19(20)21)10(5-12)8-17/h1-6,18H. The maximum absolute atomic E-state index is 10.8. The molecule has 2 rings (SSSR count). The van der Waals surface area contributed by atoms with E-state index in [9.17, 15) is 10.1 Å². The number of rotatable bonds is 3. The number of nitro benzene ring substituents is 1. The second-order valence-corrected chi connectivity index (χ2v) is 4.94. The fraction of sp³-hybridized carbons (Fsp3) is 0. The molecule has 0 fully saturated rings. The SMILES string of the molecule is N#Cc1ccc(Br)cc1Nc1ccc([N+](=O)[O-])c(C#N)c1. The molecule has 102 valence electrons. The van der Waals surface area contributed by atoms with E-state index in [1.165, 1.54) is 18.2 Å². The third-order valence-corrected chi connectivity index (χ3v) is 3.19. The van der Waals surface area contributed by atoms with Gasteiger partial charge < -0.3 is 5.32 Å². The fourth-order valence-electron chi connectivity index (χ4n) is 1.74. The summed E-state index contributed by atoms with van der Waals surface area (Å²) in [5.74, 6) is 0. The molecule has 1 N–H and O–H groups in total. The first-order valence-corrected chi connectivity index (χ1v) is 6.49. The lowest BCUT2D eigenvalue weighted by Crippen LogP contribution is -1.97. The second-order valence-electron chi connectivity index (χ2n) is 4.03. The molecule has 0 atom stereocenters. The number of benzene rings is 2. The maximum Gasteiger partial charge on any atom is 0.287 e. The summed E-state index contributed by atoms with van der Waals surface area (Å²) in [6, 6.07) is 13.0. The van der Waals surface area contributed by atoms with Crippen LogP contribution in [-0.4, -0.2) is 4.92 Å². The van der Waals surface area contributed by atoms with Gasteiger partial charge in [0.2, 0.25) is 0 Å². The summed E-state index contributed by atoms with van der Waals surface area (Å²) in [4.78, 5) is 10.2. The number of halogens is 1. The molecular formula is C14H7BrN4O2. The zero-order chi connectivity index (χ0) is 15.4. The molecule has 0 aliphatic rings. The monoisotopic (exact) mass is 342 g/mol. The van der Waals surface area contributed by atoms with Crippen molar-refractivity contribution < 1.29 is 4.92 Å². The van der Waals surface area contributed by atoms with Crippen LogP contribution in [0.1, 0.15) is 11.1 Å². The largest absolute Gasteiger partial charge is 0.354 e. The van der Waals surface area contributed by atoms with E-state index in [1.807, 2.05) is 6.07 Å². The van der Waals surface area contributed by atoms with E-state index in [0.29, 0.717) is 16.9 Å². The Morgan fingerprint density at radius 3 is 2.43 bits per heavy atom. The van der Waals surface area contributed by atoms with Gasteiger partial charge in [-0.25, -0.2) is 0 Å². The van der Waals surface area contributed by atoms with Crippen LogP contribution in [0.4, 0.5) is 17.1 Å². The summed E-state index contributed by atoms with van der Waals surface area (Å²) in [6.07, 6.45) is 0. The van der Waals surface area contributed by atoms with E-state index in [1.54, 1.807) is 24.3 Å². The van der Waals surface area contributed by atoms with Gasteiger partial charge in [-0.15, -0.1) is 0 Å². The average Bonchev–Trinajstić information content (AvgIpc) is 2.47. The van der Waals surface area contributed by atoms with Gasteiger partial charge in [0.05, 0.1) is 16.2 Å². The molecule has 0 amide bonds. The topological polar surface area (TPSA) is 103 Å². The van der Waals surface area contributed by atoms with Crippen molar-refractivity contribution in [2.45, 2.75) is 0 Å². The van der Waals surface area contributed by atoms with E-state index in [-0.39, 0.29) is 11.3 Å². The number of hydrogen-bond donors (Lipinski definition) is 1. The molecule has 2 aromatic rings. The normalized spacial score (nSPS) is 9.48. The van der Waals surface area contributed by atoms with Crippen LogP contribution in [0.3, 0.4) is 0 Å². The Morgan fingerprint density at radius 2 is 1.81 bits per heavy atom. The van der Waals surface area contributed by atoms with E-state index in [0.717, 1.165) is 4.47 Å². The van der Waals surface area contributed by atoms with Crippen LogP contribution < -0.4 is 5.32 Å². The van der Waals surface area contributed by atoms with Crippen molar-refractivity contribution in [3.05, 3.63) is 62.1 Å². The van der Waals surface area contributed by atoms with Crippen LogP contribution in [-0.2, 0) is 0 Å². The molecule has 0 spiro atoms. The molecular weight excluding hydrogens is 336 g/mol. The summed E-state index contributed by atoms with van der Waals surface area (Å²) >= 11 is 3.31. The van der Waals surface area contributed by atoms with Crippen molar-refractivity contribution in [3.8, 4) is 12.1 Å². The van der Waals surface area contributed by atoms with E-state index in [2.05, 4.69) is 21.2 Å².